The molecule has 1 fully saturated rings. The van der Waals surface area contributed by atoms with Crippen molar-refractivity contribution in [3.8, 4) is 39.5 Å². The number of likely N-dealkylation sites (N-methyl/N-ethyl adjacent to an activating group) is 1. The van der Waals surface area contributed by atoms with Crippen LogP contribution < -0.4 is 10.1 Å². The summed E-state index contributed by atoms with van der Waals surface area (Å²) in [6.45, 7) is 3.21. The van der Waals surface area contributed by atoms with E-state index in [2.05, 4.69) is 26.6 Å². The third-order valence-corrected chi connectivity index (χ3v) is 7.91. The van der Waals surface area contributed by atoms with E-state index in [-0.39, 0.29) is 17.6 Å². The van der Waals surface area contributed by atoms with Crippen LogP contribution in [0.5, 0.6) is 5.75 Å². The predicted octanol–water partition coefficient (Wildman–Crippen LogP) is 7.18. The highest BCUT2D eigenvalue weighted by Crippen LogP contribution is 2.36. The van der Waals surface area contributed by atoms with Gasteiger partial charge in [-0.15, -0.1) is 0 Å². The van der Waals surface area contributed by atoms with Crippen LogP contribution in [0.15, 0.2) is 72.8 Å². The van der Waals surface area contributed by atoms with E-state index in [9.17, 15) is 9.18 Å². The van der Waals surface area contributed by atoms with Crippen LogP contribution in [0.25, 0.3) is 55.7 Å². The molecule has 3 aromatic carbocycles. The highest BCUT2D eigenvalue weighted by Gasteiger charge is 2.29. The Morgan fingerprint density at radius 1 is 1.02 bits per heavy atom. The van der Waals surface area contributed by atoms with Gasteiger partial charge in [-0.1, -0.05) is 12.1 Å². The summed E-state index contributed by atoms with van der Waals surface area (Å²) in [5.41, 5.74) is 9.04. The maximum atomic E-state index is 14.7. The van der Waals surface area contributed by atoms with Gasteiger partial charge in [-0.3, -0.25) is 9.89 Å². The minimum absolute atomic E-state index is 0.0755. The van der Waals surface area contributed by atoms with E-state index in [1.54, 1.807) is 0 Å². The van der Waals surface area contributed by atoms with Gasteiger partial charge in [0.2, 0.25) is 5.91 Å². The number of carbonyl (C=O) groups excluding carboxylic acids is 1. The second kappa shape index (κ2) is 11.2. The van der Waals surface area contributed by atoms with Crippen LogP contribution in [0.4, 0.5) is 10.1 Å². The number of aromatic nitrogens is 4. The standard InChI is InChI=1S/C35H33FN6O2/c1-20-13-23(16-25(14-20)37-35(43)21-7-8-21)29-9-10-31-33(39-29)34(41-40-31)32-19-28-27(5-4-6-30(28)38-32)22-15-24(36)18-26(17-22)44-12-11-42(2)3/h4-6,9-10,13-19,21,38H,7-8,11-12H2,1-3H3,(H,37,43)(H,40,41). The molecule has 0 spiro atoms. The van der Waals surface area contributed by atoms with Gasteiger partial charge in [-0.05, 0) is 105 Å². The fraction of sp³-hybridized carbons (Fsp3) is 0.229. The van der Waals surface area contributed by atoms with E-state index in [4.69, 9.17) is 9.72 Å². The predicted molar refractivity (Wildman–Crippen MR) is 172 cm³/mol. The quantitative estimate of drug-likeness (QED) is 0.166. The van der Waals surface area contributed by atoms with Crippen LogP contribution >= 0.6 is 0 Å². The number of anilines is 1. The topological polar surface area (TPSA) is 98.9 Å². The first kappa shape index (κ1) is 27.8. The molecule has 1 saturated carbocycles. The molecule has 3 heterocycles. The molecular weight excluding hydrogens is 555 g/mol. The normalized spacial score (nSPS) is 13.2. The Hall–Kier alpha value is -5.02. The van der Waals surface area contributed by atoms with Crippen LogP contribution in [-0.4, -0.2) is 58.2 Å². The molecule has 0 atom stereocenters. The Morgan fingerprint density at radius 3 is 2.70 bits per heavy atom. The first-order valence-electron chi connectivity index (χ1n) is 14.8. The summed E-state index contributed by atoms with van der Waals surface area (Å²) in [5.74, 6) is 0.349. The highest BCUT2D eigenvalue weighted by molar-refractivity contribution is 6.01. The number of carbonyl (C=O) groups is 1. The summed E-state index contributed by atoms with van der Waals surface area (Å²) >= 11 is 0. The maximum Gasteiger partial charge on any atom is 0.227 e. The number of pyridine rings is 1. The van der Waals surface area contributed by atoms with Crippen LogP contribution in [0.2, 0.25) is 0 Å². The smallest absolute Gasteiger partial charge is 0.227 e. The molecular formula is C35H33FN6O2. The number of amides is 1. The summed E-state index contributed by atoms with van der Waals surface area (Å²) in [6.07, 6.45) is 1.91. The van der Waals surface area contributed by atoms with Gasteiger partial charge < -0.3 is 19.9 Å². The zero-order chi connectivity index (χ0) is 30.4. The monoisotopic (exact) mass is 588 g/mol. The number of benzene rings is 3. The van der Waals surface area contributed by atoms with Gasteiger partial charge in [0, 0.05) is 40.7 Å². The molecule has 9 heteroatoms. The van der Waals surface area contributed by atoms with Crippen LogP contribution in [-0.2, 0) is 4.79 Å². The number of halogens is 1. The van der Waals surface area contributed by atoms with Crippen molar-refractivity contribution >= 4 is 33.5 Å². The first-order valence-corrected chi connectivity index (χ1v) is 14.8. The fourth-order valence-corrected chi connectivity index (χ4v) is 5.52. The second-order valence-electron chi connectivity index (χ2n) is 11.8. The molecule has 7 rings (SSSR count). The van der Waals surface area contributed by atoms with E-state index < -0.39 is 0 Å². The molecule has 1 amide bonds. The van der Waals surface area contributed by atoms with Gasteiger partial charge in [-0.25, -0.2) is 9.37 Å². The van der Waals surface area contributed by atoms with Crippen LogP contribution in [0.1, 0.15) is 18.4 Å². The van der Waals surface area contributed by atoms with E-state index in [1.165, 1.54) is 12.1 Å². The van der Waals surface area contributed by atoms with Gasteiger partial charge in [0.25, 0.3) is 0 Å². The average Bonchev–Trinajstić information content (AvgIpc) is 3.62. The van der Waals surface area contributed by atoms with E-state index in [0.29, 0.717) is 18.1 Å². The van der Waals surface area contributed by atoms with Crippen molar-refractivity contribution in [2.45, 2.75) is 19.8 Å². The molecule has 6 aromatic rings. The summed E-state index contributed by atoms with van der Waals surface area (Å²) in [4.78, 5) is 22.9. The van der Waals surface area contributed by atoms with Crippen molar-refractivity contribution in [2.75, 3.05) is 32.6 Å². The number of aromatic amines is 2. The number of aryl methyl sites for hydroxylation is 1. The Morgan fingerprint density at radius 2 is 1.89 bits per heavy atom. The lowest BCUT2D eigenvalue weighted by Crippen LogP contribution is -2.19. The minimum atomic E-state index is -0.350. The van der Waals surface area contributed by atoms with Crippen molar-refractivity contribution in [2.24, 2.45) is 5.92 Å². The Bertz CT molecular complexity index is 2020. The largest absolute Gasteiger partial charge is 0.492 e. The summed E-state index contributed by atoms with van der Waals surface area (Å²) in [7, 11) is 3.94. The van der Waals surface area contributed by atoms with E-state index in [0.717, 1.165) is 80.7 Å². The molecule has 1 aliphatic rings. The molecule has 0 bridgehead atoms. The van der Waals surface area contributed by atoms with Crippen LogP contribution in [0.3, 0.4) is 0 Å². The van der Waals surface area contributed by atoms with Crippen LogP contribution in [0, 0.1) is 18.7 Å². The van der Waals surface area contributed by atoms with Crippen molar-refractivity contribution < 1.29 is 13.9 Å². The Labute approximate surface area is 254 Å². The SMILES string of the molecule is Cc1cc(NC(=O)C2CC2)cc(-c2ccc3[nH]nc(-c4cc5c(-c6cc(F)cc(OCCN(C)C)c6)cccc5[nH]4)c3n2)c1. The zero-order valence-corrected chi connectivity index (χ0v) is 24.9. The number of nitrogens with zero attached hydrogens (tertiary/aromatic N) is 3. The molecule has 0 radical (unpaired) electrons. The number of ether oxygens (including phenoxy) is 1. The zero-order valence-electron chi connectivity index (χ0n) is 24.9. The van der Waals surface area contributed by atoms with Gasteiger partial charge in [0.05, 0.1) is 16.9 Å². The lowest BCUT2D eigenvalue weighted by molar-refractivity contribution is -0.117. The average molecular weight is 589 g/mol. The Balaban J connectivity index is 1.24. The summed E-state index contributed by atoms with van der Waals surface area (Å²) in [6, 6.07) is 22.7. The molecule has 3 aromatic heterocycles. The third-order valence-electron chi connectivity index (χ3n) is 7.91. The third kappa shape index (κ3) is 5.66. The van der Waals surface area contributed by atoms with E-state index in [1.807, 2.05) is 80.5 Å². The molecule has 0 aliphatic heterocycles. The van der Waals surface area contributed by atoms with Crippen molar-refractivity contribution in [3.05, 3.63) is 84.2 Å². The number of rotatable bonds is 9. The summed E-state index contributed by atoms with van der Waals surface area (Å²) in [5, 5.41) is 11.7. The first-order chi connectivity index (χ1) is 21.3. The molecule has 0 saturated heterocycles. The van der Waals surface area contributed by atoms with Crippen molar-refractivity contribution in [1.82, 2.24) is 25.1 Å². The minimum Gasteiger partial charge on any atom is -0.492 e. The number of hydrogen-bond donors (Lipinski definition) is 3. The molecule has 222 valence electrons. The molecule has 44 heavy (non-hydrogen) atoms. The van der Waals surface area contributed by atoms with Gasteiger partial charge in [0.15, 0.2) is 0 Å². The van der Waals surface area contributed by atoms with Crippen molar-refractivity contribution in [3.63, 3.8) is 0 Å². The molecule has 3 N–H and O–H groups in total. The number of nitrogens with one attached hydrogen (secondary N) is 3. The fourth-order valence-electron chi connectivity index (χ4n) is 5.52. The Kier molecular flexibility index (Phi) is 7.10. The lowest BCUT2D eigenvalue weighted by atomic mass is 10.0. The summed E-state index contributed by atoms with van der Waals surface area (Å²) < 4.78 is 20.5. The van der Waals surface area contributed by atoms with Gasteiger partial charge >= 0.3 is 0 Å². The van der Waals surface area contributed by atoms with Crippen molar-refractivity contribution in [1.29, 1.82) is 0 Å². The number of fused-ring (bicyclic) bond motifs is 2. The van der Waals surface area contributed by atoms with Gasteiger partial charge in [0.1, 0.15) is 29.4 Å². The maximum absolute atomic E-state index is 14.7. The van der Waals surface area contributed by atoms with Gasteiger partial charge in [-0.2, -0.15) is 5.10 Å². The highest BCUT2D eigenvalue weighted by atomic mass is 19.1. The number of H-pyrrole nitrogens is 2. The lowest BCUT2D eigenvalue weighted by Gasteiger charge is -2.12. The second-order valence-corrected chi connectivity index (χ2v) is 11.8. The molecule has 0 unspecified atom stereocenters. The molecule has 8 nitrogen and oxygen atoms in total. The number of hydrogen-bond acceptors (Lipinski definition) is 5. The van der Waals surface area contributed by atoms with E-state index >= 15 is 0 Å². The molecule has 1 aliphatic carbocycles.